The third-order valence-electron chi connectivity index (χ3n) is 5.13. The number of nitrogens with zero attached hydrogens (tertiary/aromatic N) is 1. The fourth-order valence-corrected chi connectivity index (χ4v) is 3.29. The Balaban J connectivity index is 1.46. The fraction of sp³-hybridized carbons (Fsp3) is 0.391. The van der Waals surface area contributed by atoms with E-state index >= 15 is 0 Å². The van der Waals surface area contributed by atoms with Crippen LogP contribution in [0.2, 0.25) is 0 Å². The van der Waals surface area contributed by atoms with Crippen LogP contribution in [0.15, 0.2) is 42.5 Å². The molecule has 8 nitrogen and oxygen atoms in total. The van der Waals surface area contributed by atoms with E-state index in [0.29, 0.717) is 35.7 Å². The van der Waals surface area contributed by atoms with Crippen molar-refractivity contribution in [2.45, 2.75) is 6.54 Å². The van der Waals surface area contributed by atoms with Gasteiger partial charge in [0.1, 0.15) is 0 Å². The van der Waals surface area contributed by atoms with E-state index in [1.54, 1.807) is 37.4 Å². The van der Waals surface area contributed by atoms with Crippen LogP contribution in [0.5, 0.6) is 11.5 Å². The van der Waals surface area contributed by atoms with Crippen molar-refractivity contribution in [3.05, 3.63) is 59.2 Å². The van der Waals surface area contributed by atoms with Crippen LogP contribution >= 0.6 is 0 Å². The highest BCUT2D eigenvalue weighted by Gasteiger charge is 2.12. The standard InChI is InChI=1S/C23H29N3O5/c1-29-20-8-7-19(15-21(20)30-2)23(28)25-16-17-3-5-18(6-4-17)22(27)24-9-10-26-11-13-31-14-12-26/h3-8,15H,9-14,16H2,1-2H3,(H,24,27)(H,25,28). The number of benzene rings is 2. The molecule has 0 saturated carbocycles. The molecule has 0 aliphatic carbocycles. The lowest BCUT2D eigenvalue weighted by Crippen LogP contribution is -2.41. The summed E-state index contributed by atoms with van der Waals surface area (Å²) in [5.41, 5.74) is 1.98. The maximum atomic E-state index is 12.4. The van der Waals surface area contributed by atoms with Crippen molar-refractivity contribution in [1.29, 1.82) is 0 Å². The van der Waals surface area contributed by atoms with E-state index in [-0.39, 0.29) is 11.8 Å². The lowest BCUT2D eigenvalue weighted by molar-refractivity contribution is 0.0383. The van der Waals surface area contributed by atoms with Gasteiger partial charge < -0.3 is 24.8 Å². The molecule has 0 bridgehead atoms. The smallest absolute Gasteiger partial charge is 0.251 e. The average molecular weight is 428 g/mol. The van der Waals surface area contributed by atoms with Gasteiger partial charge >= 0.3 is 0 Å². The molecule has 166 valence electrons. The number of amides is 2. The summed E-state index contributed by atoms with van der Waals surface area (Å²) >= 11 is 0. The van der Waals surface area contributed by atoms with Gasteiger partial charge in [-0.1, -0.05) is 12.1 Å². The summed E-state index contributed by atoms with van der Waals surface area (Å²) in [4.78, 5) is 27.0. The molecule has 1 heterocycles. The minimum absolute atomic E-state index is 0.103. The summed E-state index contributed by atoms with van der Waals surface area (Å²) in [6.45, 7) is 5.07. The van der Waals surface area contributed by atoms with Gasteiger partial charge in [-0.15, -0.1) is 0 Å². The number of methoxy groups -OCH3 is 2. The first-order valence-corrected chi connectivity index (χ1v) is 10.3. The number of carbonyl (C=O) groups excluding carboxylic acids is 2. The van der Waals surface area contributed by atoms with Crippen LogP contribution in [0, 0.1) is 0 Å². The molecule has 1 aliphatic rings. The number of hydrogen-bond acceptors (Lipinski definition) is 6. The maximum Gasteiger partial charge on any atom is 0.251 e. The predicted octanol–water partition coefficient (Wildman–Crippen LogP) is 1.70. The van der Waals surface area contributed by atoms with Crippen LogP contribution in [0.4, 0.5) is 0 Å². The molecule has 2 aromatic carbocycles. The van der Waals surface area contributed by atoms with Crippen LogP contribution < -0.4 is 20.1 Å². The molecule has 0 unspecified atom stereocenters. The Bertz CT molecular complexity index is 879. The van der Waals surface area contributed by atoms with Crippen molar-refractivity contribution in [3.8, 4) is 11.5 Å². The Morgan fingerprint density at radius 2 is 1.55 bits per heavy atom. The Morgan fingerprint density at radius 3 is 2.23 bits per heavy atom. The van der Waals surface area contributed by atoms with Gasteiger partial charge in [-0.2, -0.15) is 0 Å². The van der Waals surface area contributed by atoms with E-state index in [4.69, 9.17) is 14.2 Å². The van der Waals surface area contributed by atoms with Crippen molar-refractivity contribution in [2.75, 3.05) is 53.6 Å². The number of hydrogen-bond donors (Lipinski definition) is 2. The second kappa shape index (κ2) is 11.3. The van der Waals surface area contributed by atoms with Gasteiger partial charge in [0, 0.05) is 43.9 Å². The van der Waals surface area contributed by atoms with Gasteiger partial charge in [0.25, 0.3) is 11.8 Å². The van der Waals surface area contributed by atoms with Crippen LogP contribution in [0.3, 0.4) is 0 Å². The number of nitrogens with one attached hydrogen (secondary N) is 2. The van der Waals surface area contributed by atoms with Crippen molar-refractivity contribution >= 4 is 11.8 Å². The molecular formula is C23H29N3O5. The van der Waals surface area contributed by atoms with Crippen molar-refractivity contribution in [2.24, 2.45) is 0 Å². The van der Waals surface area contributed by atoms with E-state index < -0.39 is 0 Å². The highest BCUT2D eigenvalue weighted by molar-refractivity contribution is 5.95. The molecule has 1 fully saturated rings. The van der Waals surface area contributed by atoms with Crippen molar-refractivity contribution in [1.82, 2.24) is 15.5 Å². The minimum Gasteiger partial charge on any atom is -0.493 e. The highest BCUT2D eigenvalue weighted by atomic mass is 16.5. The Morgan fingerprint density at radius 1 is 0.903 bits per heavy atom. The summed E-state index contributed by atoms with van der Waals surface area (Å²) in [5, 5.41) is 5.82. The molecule has 31 heavy (non-hydrogen) atoms. The van der Waals surface area contributed by atoms with Gasteiger partial charge in [0.05, 0.1) is 27.4 Å². The summed E-state index contributed by atoms with van der Waals surface area (Å²) in [7, 11) is 3.07. The first kappa shape index (κ1) is 22.6. The number of carbonyl (C=O) groups is 2. The summed E-state index contributed by atoms with van der Waals surface area (Å²) in [6.07, 6.45) is 0. The largest absolute Gasteiger partial charge is 0.493 e. The molecule has 0 radical (unpaired) electrons. The van der Waals surface area contributed by atoms with Gasteiger partial charge in [-0.3, -0.25) is 14.5 Å². The number of ether oxygens (including phenoxy) is 3. The van der Waals surface area contributed by atoms with E-state index in [9.17, 15) is 9.59 Å². The fourth-order valence-electron chi connectivity index (χ4n) is 3.29. The van der Waals surface area contributed by atoms with Crippen LogP contribution in [0.1, 0.15) is 26.3 Å². The zero-order valence-electron chi connectivity index (χ0n) is 18.0. The maximum absolute atomic E-state index is 12.4. The topological polar surface area (TPSA) is 89.1 Å². The average Bonchev–Trinajstić information content (AvgIpc) is 2.83. The Kier molecular flexibility index (Phi) is 8.26. The predicted molar refractivity (Wildman–Crippen MR) is 117 cm³/mol. The first-order valence-electron chi connectivity index (χ1n) is 10.3. The van der Waals surface area contributed by atoms with Crippen molar-refractivity contribution < 1.29 is 23.8 Å². The molecule has 3 rings (SSSR count). The molecule has 0 atom stereocenters. The quantitative estimate of drug-likeness (QED) is 0.633. The van der Waals surface area contributed by atoms with E-state index in [2.05, 4.69) is 15.5 Å². The molecular weight excluding hydrogens is 398 g/mol. The van der Waals surface area contributed by atoms with Crippen molar-refractivity contribution in [3.63, 3.8) is 0 Å². The second-order valence-electron chi connectivity index (χ2n) is 7.16. The van der Waals surface area contributed by atoms with E-state index in [1.165, 1.54) is 7.11 Å². The molecule has 8 heteroatoms. The number of morpholine rings is 1. The molecule has 2 amide bonds. The minimum atomic E-state index is -0.217. The monoisotopic (exact) mass is 427 g/mol. The van der Waals surface area contributed by atoms with E-state index in [1.807, 2.05) is 12.1 Å². The van der Waals surface area contributed by atoms with Gasteiger partial charge in [0.15, 0.2) is 11.5 Å². The molecule has 0 aromatic heterocycles. The van der Waals surface area contributed by atoms with Crippen LogP contribution in [-0.2, 0) is 11.3 Å². The first-order chi connectivity index (χ1) is 15.1. The lowest BCUT2D eigenvalue weighted by atomic mass is 10.1. The highest BCUT2D eigenvalue weighted by Crippen LogP contribution is 2.27. The third kappa shape index (κ3) is 6.44. The molecule has 0 spiro atoms. The van der Waals surface area contributed by atoms with Crippen LogP contribution in [0.25, 0.3) is 0 Å². The summed E-state index contributed by atoms with van der Waals surface area (Å²) in [5.74, 6) is 0.747. The van der Waals surface area contributed by atoms with E-state index in [0.717, 1.165) is 38.4 Å². The number of rotatable bonds is 9. The zero-order chi connectivity index (χ0) is 22.1. The van der Waals surface area contributed by atoms with Gasteiger partial charge in [-0.25, -0.2) is 0 Å². The molecule has 1 saturated heterocycles. The van der Waals surface area contributed by atoms with Gasteiger partial charge in [-0.05, 0) is 35.9 Å². The Hall–Kier alpha value is -3.10. The summed E-state index contributed by atoms with van der Waals surface area (Å²) in [6, 6.07) is 12.2. The molecule has 1 aliphatic heterocycles. The Labute approximate surface area is 182 Å². The third-order valence-corrected chi connectivity index (χ3v) is 5.13. The SMILES string of the molecule is COc1ccc(C(=O)NCc2ccc(C(=O)NCCN3CCOCC3)cc2)cc1OC. The molecule has 2 N–H and O–H groups in total. The normalized spacial score (nSPS) is 14.0. The lowest BCUT2D eigenvalue weighted by Gasteiger charge is -2.26. The van der Waals surface area contributed by atoms with Gasteiger partial charge in [0.2, 0.25) is 0 Å². The molecule has 2 aromatic rings. The van der Waals surface area contributed by atoms with Crippen LogP contribution in [-0.4, -0.2) is 70.3 Å². The second-order valence-corrected chi connectivity index (χ2v) is 7.16. The zero-order valence-corrected chi connectivity index (χ0v) is 18.0. The summed E-state index contributed by atoms with van der Waals surface area (Å²) < 4.78 is 15.7.